The molecule has 2 heterocycles. The number of rotatable bonds is 12. The molecule has 3 N–H and O–H groups in total. The minimum absolute atomic E-state index is 0.0356. The van der Waals surface area contributed by atoms with Gasteiger partial charge in [0.15, 0.2) is 0 Å². The van der Waals surface area contributed by atoms with Crippen molar-refractivity contribution in [3.05, 3.63) is 92.8 Å². The number of nitro groups is 1. The maximum absolute atomic E-state index is 13.9. The number of ether oxygens (including phenoxy) is 3. The number of esters is 2. The fourth-order valence-corrected chi connectivity index (χ4v) is 4.98. The van der Waals surface area contributed by atoms with Crippen molar-refractivity contribution >= 4 is 41.4 Å². The Kier molecular flexibility index (Phi) is 12.2. The Labute approximate surface area is 292 Å². The second-order valence-corrected chi connectivity index (χ2v) is 12.6. The minimum atomic E-state index is -1.06. The normalized spacial score (nSPS) is 12.9. The van der Waals surface area contributed by atoms with Crippen molar-refractivity contribution in [2.24, 2.45) is 5.41 Å². The monoisotopic (exact) mass is 705 g/mol. The minimum Gasteiger partial charge on any atom is -0.465 e. The average Bonchev–Trinajstić information content (AvgIpc) is 3.48. The summed E-state index contributed by atoms with van der Waals surface area (Å²) in [7, 11) is 0. The number of amides is 3. The highest BCUT2D eigenvalue weighted by Crippen LogP contribution is 2.21. The average molecular weight is 706 g/mol. The molecule has 1 atom stereocenters. The molecule has 0 unspecified atom stereocenters. The number of nitrogens with one attached hydrogen (secondary N) is 3. The summed E-state index contributed by atoms with van der Waals surface area (Å²) in [5.41, 5.74) is 1.57. The Morgan fingerprint density at radius 1 is 1.00 bits per heavy atom. The van der Waals surface area contributed by atoms with E-state index in [-0.39, 0.29) is 54.7 Å². The summed E-state index contributed by atoms with van der Waals surface area (Å²) in [6, 6.07) is 10.3. The van der Waals surface area contributed by atoms with Gasteiger partial charge in [0.25, 0.3) is 11.6 Å². The van der Waals surface area contributed by atoms with Crippen LogP contribution in [0.25, 0.3) is 0 Å². The van der Waals surface area contributed by atoms with Crippen LogP contribution in [-0.4, -0.2) is 81.3 Å². The molecule has 1 aliphatic heterocycles. The number of carbonyl (C=O) groups is 5. The molecule has 0 bridgehead atoms. The molecule has 1 aliphatic rings. The zero-order chi connectivity index (χ0) is 37.3. The Bertz CT molecular complexity index is 1800. The quantitative estimate of drug-likeness (QED) is 0.0620. The van der Waals surface area contributed by atoms with Crippen molar-refractivity contribution in [3.8, 4) is 0 Å². The van der Waals surface area contributed by atoms with Crippen molar-refractivity contribution in [3.63, 3.8) is 0 Å². The van der Waals surface area contributed by atoms with Crippen molar-refractivity contribution in [1.82, 2.24) is 25.3 Å². The molecule has 1 aromatic heterocycles. The van der Waals surface area contributed by atoms with Gasteiger partial charge in [0.05, 0.1) is 22.6 Å². The number of hydrogen-bond acceptors (Lipinski definition) is 12. The molecule has 0 saturated carbocycles. The third-order valence-electron chi connectivity index (χ3n) is 7.66. The second kappa shape index (κ2) is 16.5. The van der Waals surface area contributed by atoms with Gasteiger partial charge in [-0.05, 0) is 45.4 Å². The number of benzene rings is 2. The number of aromatic nitrogens is 2. The Hall–Kier alpha value is -6.13. The van der Waals surface area contributed by atoms with E-state index in [1.54, 1.807) is 38.8 Å². The van der Waals surface area contributed by atoms with Crippen LogP contribution < -0.4 is 10.6 Å². The molecule has 0 saturated heterocycles. The number of carbonyl (C=O) groups excluding carboxylic acids is 5. The first-order valence-electron chi connectivity index (χ1n) is 16.0. The number of alkyl carbamates (subject to hydrolysis) is 1. The highest BCUT2D eigenvalue weighted by atomic mass is 16.7. The lowest BCUT2D eigenvalue weighted by Gasteiger charge is -2.30. The topological polar surface area (TPSA) is 225 Å². The van der Waals surface area contributed by atoms with Gasteiger partial charge in [-0.25, -0.2) is 4.79 Å². The molecule has 0 spiro atoms. The van der Waals surface area contributed by atoms with Crippen molar-refractivity contribution in [1.29, 1.82) is 5.41 Å². The molecular weight excluding hydrogens is 666 g/mol. The van der Waals surface area contributed by atoms with E-state index in [9.17, 15) is 34.1 Å². The third kappa shape index (κ3) is 10.4. The van der Waals surface area contributed by atoms with Crippen LogP contribution in [0, 0.1) is 20.9 Å². The third-order valence-corrected chi connectivity index (χ3v) is 7.66. The van der Waals surface area contributed by atoms with Gasteiger partial charge < -0.3 is 24.4 Å². The van der Waals surface area contributed by atoms with Crippen molar-refractivity contribution in [2.75, 3.05) is 19.9 Å². The zero-order valence-corrected chi connectivity index (χ0v) is 28.6. The van der Waals surface area contributed by atoms with Crippen LogP contribution >= 0.6 is 0 Å². The van der Waals surface area contributed by atoms with E-state index in [2.05, 4.69) is 15.7 Å². The van der Waals surface area contributed by atoms with Crippen molar-refractivity contribution < 1.29 is 43.1 Å². The first-order chi connectivity index (χ1) is 24.1. The van der Waals surface area contributed by atoms with E-state index in [1.807, 2.05) is 0 Å². The number of nitrogens with zero attached hydrogens (tertiary/aromatic N) is 4. The number of amidine groups is 1. The van der Waals surface area contributed by atoms with Crippen LogP contribution in [0.5, 0.6) is 0 Å². The lowest BCUT2D eigenvalue weighted by Crippen LogP contribution is -2.50. The molecule has 3 amide bonds. The summed E-state index contributed by atoms with van der Waals surface area (Å²) < 4.78 is 16.1. The number of hydrogen-bond donors (Lipinski definition) is 3. The summed E-state index contributed by atoms with van der Waals surface area (Å²) in [4.78, 5) is 75.4. The summed E-state index contributed by atoms with van der Waals surface area (Å²) in [5, 5.41) is 28.8. The largest absolute Gasteiger partial charge is 0.465 e. The van der Waals surface area contributed by atoms with Crippen LogP contribution in [-0.2, 0) is 54.5 Å². The Morgan fingerprint density at radius 2 is 1.67 bits per heavy atom. The van der Waals surface area contributed by atoms with Gasteiger partial charge in [-0.15, -0.1) is 0 Å². The number of nitro benzene ring substituents is 1. The summed E-state index contributed by atoms with van der Waals surface area (Å²) in [6.45, 7) is 6.67. The maximum Gasteiger partial charge on any atom is 0.415 e. The van der Waals surface area contributed by atoms with E-state index in [0.717, 1.165) is 11.3 Å². The fraction of sp³-hybridized carbons (Fsp3) is 0.382. The molecule has 2 aromatic carbocycles. The van der Waals surface area contributed by atoms with E-state index in [0.29, 0.717) is 18.5 Å². The molecule has 270 valence electrons. The van der Waals surface area contributed by atoms with Crippen LogP contribution in [0.4, 0.5) is 10.5 Å². The maximum atomic E-state index is 13.9. The molecule has 17 heteroatoms. The van der Waals surface area contributed by atoms with Gasteiger partial charge in [0.2, 0.25) is 12.7 Å². The van der Waals surface area contributed by atoms with Crippen LogP contribution in [0.15, 0.2) is 54.7 Å². The lowest BCUT2D eigenvalue weighted by atomic mass is 9.98. The highest BCUT2D eigenvalue weighted by molar-refractivity contribution is 6.05. The first kappa shape index (κ1) is 37.7. The molecular formula is C34H39N7O10. The highest BCUT2D eigenvalue weighted by Gasteiger charge is 2.31. The van der Waals surface area contributed by atoms with Gasteiger partial charge in [-0.1, -0.05) is 24.3 Å². The molecule has 3 aromatic rings. The van der Waals surface area contributed by atoms with E-state index in [1.165, 1.54) is 53.2 Å². The Balaban J connectivity index is 1.43. The van der Waals surface area contributed by atoms with E-state index >= 15 is 0 Å². The number of fused-ring (bicyclic) bond motifs is 1. The van der Waals surface area contributed by atoms with Gasteiger partial charge in [-0.2, -0.15) is 5.10 Å². The van der Waals surface area contributed by atoms with Crippen LogP contribution in [0.2, 0.25) is 0 Å². The Morgan fingerprint density at radius 3 is 2.29 bits per heavy atom. The smallest absolute Gasteiger partial charge is 0.415 e. The molecule has 0 fully saturated rings. The van der Waals surface area contributed by atoms with Gasteiger partial charge in [0.1, 0.15) is 18.4 Å². The summed E-state index contributed by atoms with van der Waals surface area (Å²) >= 11 is 0. The predicted molar refractivity (Wildman–Crippen MR) is 179 cm³/mol. The molecule has 17 nitrogen and oxygen atoms in total. The molecule has 0 radical (unpaired) electrons. The van der Waals surface area contributed by atoms with Gasteiger partial charge in [0, 0.05) is 61.0 Å². The first-order valence-corrected chi connectivity index (χ1v) is 16.0. The summed E-state index contributed by atoms with van der Waals surface area (Å²) in [6.07, 6.45) is 1.12. The van der Waals surface area contributed by atoms with E-state index < -0.39 is 47.1 Å². The van der Waals surface area contributed by atoms with E-state index in [4.69, 9.17) is 19.6 Å². The predicted octanol–water partition coefficient (Wildman–Crippen LogP) is 2.88. The fourth-order valence-electron chi connectivity index (χ4n) is 4.98. The molecule has 4 rings (SSSR count). The van der Waals surface area contributed by atoms with Crippen LogP contribution in [0.1, 0.15) is 60.4 Å². The summed E-state index contributed by atoms with van der Waals surface area (Å²) in [5.74, 6) is -2.33. The second-order valence-electron chi connectivity index (χ2n) is 12.6. The van der Waals surface area contributed by atoms with Gasteiger partial charge in [-0.3, -0.25) is 44.7 Å². The lowest BCUT2D eigenvalue weighted by molar-refractivity contribution is -0.384. The molecule has 51 heavy (non-hydrogen) atoms. The zero-order valence-electron chi connectivity index (χ0n) is 28.6. The van der Waals surface area contributed by atoms with Crippen molar-refractivity contribution in [2.45, 2.75) is 59.7 Å². The van der Waals surface area contributed by atoms with Gasteiger partial charge >= 0.3 is 18.0 Å². The van der Waals surface area contributed by atoms with Crippen LogP contribution in [0.3, 0.4) is 0 Å². The SMILES string of the molecule is CCOC(=O)Cn1cc2c(n1)CCN(C(=O)[C@H](Cc1ccc([N+](=O)[O-])cc1)NC(=O)c1ccc(C(=N)NC(=O)OCOC(=O)C(C)(C)C)cc1)C2. The number of non-ortho nitro benzene ring substituents is 1. The molecule has 0 aliphatic carbocycles. The standard InChI is InChI=1S/C34H39N7O10/c1-5-49-28(42)19-40-18-24-17-39(15-14-26(24)38-40)31(44)27(16-21-6-12-25(13-7-21)41(47)48)36-30(43)23-10-8-22(9-11-23)29(35)37-33(46)51-20-50-32(45)34(2,3)4/h6-13,18,27H,5,14-17,19-20H2,1-4H3,(H,36,43)(H2,35,37,46)/t27-/m0/s1.